The van der Waals surface area contributed by atoms with Crippen molar-refractivity contribution in [1.29, 1.82) is 0 Å². The van der Waals surface area contributed by atoms with Gasteiger partial charge in [0.15, 0.2) is 5.78 Å². The van der Waals surface area contributed by atoms with E-state index in [9.17, 15) is 9.59 Å². The predicted octanol–water partition coefficient (Wildman–Crippen LogP) is 2.14. The molecular formula is C17H12N2O3. The highest BCUT2D eigenvalue weighted by Gasteiger charge is 2.35. The molecule has 0 amide bonds. The molecule has 5 heteroatoms. The normalized spacial score (nSPS) is 13.1. The van der Waals surface area contributed by atoms with Crippen LogP contribution in [0.4, 0.5) is 0 Å². The van der Waals surface area contributed by atoms with E-state index in [1.54, 1.807) is 42.5 Å². The number of benzene rings is 2. The number of rotatable bonds is 1. The number of nitrogens with zero attached hydrogens (tertiary/aromatic N) is 1. The maximum Gasteiger partial charge on any atom is 0.212 e. The Morgan fingerprint density at radius 2 is 1.64 bits per heavy atom. The van der Waals surface area contributed by atoms with Crippen LogP contribution in [0.2, 0.25) is 0 Å². The third-order valence-corrected chi connectivity index (χ3v) is 4.07. The molecule has 0 radical (unpaired) electrons. The van der Waals surface area contributed by atoms with Crippen molar-refractivity contribution in [3.8, 4) is 5.75 Å². The molecule has 0 unspecified atom stereocenters. The van der Waals surface area contributed by atoms with E-state index >= 15 is 0 Å². The summed E-state index contributed by atoms with van der Waals surface area (Å²) in [4.78, 5) is 25.6. The minimum Gasteiger partial charge on any atom is -0.494 e. The van der Waals surface area contributed by atoms with Crippen LogP contribution in [0.3, 0.4) is 0 Å². The largest absolute Gasteiger partial charge is 0.494 e. The lowest BCUT2D eigenvalue weighted by atomic mass is 9.87. The van der Waals surface area contributed by atoms with Crippen LogP contribution in [0, 0.1) is 0 Å². The van der Waals surface area contributed by atoms with Crippen molar-refractivity contribution in [3.05, 3.63) is 64.8 Å². The standard InChI is InChI=1S/C17H12N2O3/c1-22-12-8-4-7-11-13-15(19(18)14(11)12)17(21)10-6-3-2-5-9(10)16(13)20/h2-8H,18H2,1H3. The average Bonchev–Trinajstić information content (AvgIpc) is 2.86. The van der Waals surface area contributed by atoms with Crippen LogP contribution in [-0.4, -0.2) is 23.4 Å². The molecule has 0 saturated heterocycles. The molecule has 1 heterocycles. The summed E-state index contributed by atoms with van der Waals surface area (Å²) in [5, 5.41) is 0.629. The maximum absolute atomic E-state index is 12.8. The van der Waals surface area contributed by atoms with E-state index in [4.69, 9.17) is 10.6 Å². The van der Waals surface area contributed by atoms with Gasteiger partial charge in [0, 0.05) is 16.5 Å². The first-order chi connectivity index (χ1) is 10.6. The number of para-hydroxylation sites is 1. The Balaban J connectivity index is 2.17. The van der Waals surface area contributed by atoms with Gasteiger partial charge in [-0.1, -0.05) is 36.4 Å². The fraction of sp³-hybridized carbons (Fsp3) is 0.0588. The first-order valence-corrected chi connectivity index (χ1v) is 6.80. The van der Waals surface area contributed by atoms with Gasteiger partial charge in [0.1, 0.15) is 17.0 Å². The molecule has 0 bridgehead atoms. The smallest absolute Gasteiger partial charge is 0.212 e. The topological polar surface area (TPSA) is 74.3 Å². The first kappa shape index (κ1) is 12.6. The van der Waals surface area contributed by atoms with Gasteiger partial charge in [0.2, 0.25) is 5.78 Å². The molecule has 2 N–H and O–H groups in total. The Morgan fingerprint density at radius 1 is 0.955 bits per heavy atom. The van der Waals surface area contributed by atoms with Crippen LogP contribution in [0.5, 0.6) is 5.75 Å². The Hall–Kier alpha value is -3.08. The van der Waals surface area contributed by atoms with Crippen molar-refractivity contribution in [2.24, 2.45) is 0 Å². The highest BCUT2D eigenvalue weighted by molar-refractivity contribution is 6.32. The Kier molecular flexibility index (Phi) is 2.42. The molecular weight excluding hydrogens is 280 g/mol. The number of carbonyl (C=O) groups excluding carboxylic acids is 2. The van der Waals surface area contributed by atoms with Crippen LogP contribution in [-0.2, 0) is 0 Å². The van der Waals surface area contributed by atoms with E-state index in [1.807, 2.05) is 0 Å². The van der Waals surface area contributed by atoms with Crippen LogP contribution in [0.15, 0.2) is 42.5 Å². The summed E-state index contributed by atoms with van der Waals surface area (Å²) in [6.45, 7) is 0. The number of methoxy groups -OCH3 is 1. The molecule has 0 aliphatic heterocycles. The zero-order valence-electron chi connectivity index (χ0n) is 11.8. The van der Waals surface area contributed by atoms with E-state index in [0.717, 1.165) is 0 Å². The van der Waals surface area contributed by atoms with Crippen molar-refractivity contribution in [1.82, 2.24) is 4.68 Å². The summed E-state index contributed by atoms with van der Waals surface area (Å²) < 4.78 is 6.57. The Labute approximate surface area is 125 Å². The Bertz CT molecular complexity index is 969. The number of aromatic nitrogens is 1. The van der Waals surface area contributed by atoms with Gasteiger partial charge in [0.05, 0.1) is 12.7 Å². The molecule has 1 aromatic heterocycles. The van der Waals surface area contributed by atoms with E-state index < -0.39 is 0 Å². The zero-order chi connectivity index (χ0) is 15.4. The van der Waals surface area contributed by atoms with Crippen LogP contribution < -0.4 is 10.6 Å². The molecule has 108 valence electrons. The summed E-state index contributed by atoms with van der Waals surface area (Å²) in [5.74, 6) is 6.20. The zero-order valence-corrected chi connectivity index (χ0v) is 11.8. The molecule has 1 aliphatic rings. The van der Waals surface area contributed by atoms with Crippen LogP contribution in [0.25, 0.3) is 10.9 Å². The minimum absolute atomic E-state index is 0.187. The van der Waals surface area contributed by atoms with Crippen molar-refractivity contribution in [3.63, 3.8) is 0 Å². The second-order valence-electron chi connectivity index (χ2n) is 5.15. The number of carbonyl (C=O) groups is 2. The van der Waals surface area contributed by atoms with Gasteiger partial charge < -0.3 is 10.6 Å². The van der Waals surface area contributed by atoms with Gasteiger partial charge in [0.25, 0.3) is 0 Å². The van der Waals surface area contributed by atoms with Gasteiger partial charge in [-0.3, -0.25) is 14.3 Å². The molecule has 0 saturated carbocycles. The van der Waals surface area contributed by atoms with Crippen LogP contribution >= 0.6 is 0 Å². The second-order valence-corrected chi connectivity index (χ2v) is 5.15. The molecule has 3 aromatic rings. The average molecular weight is 292 g/mol. The number of ketones is 2. The quantitative estimate of drug-likeness (QED) is 0.545. The van der Waals surface area contributed by atoms with Gasteiger partial charge in [-0.05, 0) is 6.07 Å². The molecule has 0 spiro atoms. The van der Waals surface area contributed by atoms with E-state index in [2.05, 4.69) is 0 Å². The number of hydrogen-bond donors (Lipinski definition) is 1. The molecule has 5 nitrogen and oxygen atoms in total. The highest BCUT2D eigenvalue weighted by Crippen LogP contribution is 2.37. The summed E-state index contributed by atoms with van der Waals surface area (Å²) in [6.07, 6.45) is 0. The lowest BCUT2D eigenvalue weighted by Gasteiger charge is -2.15. The second kappa shape index (κ2) is 4.21. The highest BCUT2D eigenvalue weighted by atomic mass is 16.5. The van der Waals surface area contributed by atoms with Crippen molar-refractivity contribution in [2.45, 2.75) is 0 Å². The van der Waals surface area contributed by atoms with Crippen molar-refractivity contribution < 1.29 is 14.3 Å². The maximum atomic E-state index is 12.8. The molecule has 1 aliphatic carbocycles. The van der Waals surface area contributed by atoms with Crippen molar-refractivity contribution in [2.75, 3.05) is 13.0 Å². The fourth-order valence-electron chi connectivity index (χ4n) is 3.09. The summed E-state index contributed by atoms with van der Waals surface area (Å²) >= 11 is 0. The molecule has 0 fully saturated rings. The molecule has 22 heavy (non-hydrogen) atoms. The number of hydrogen-bond acceptors (Lipinski definition) is 4. The number of nitrogens with two attached hydrogens (primary N) is 1. The van der Waals surface area contributed by atoms with E-state index in [1.165, 1.54) is 11.8 Å². The number of nitrogen functional groups attached to an aromatic ring is 1. The summed E-state index contributed by atoms with van der Waals surface area (Å²) in [7, 11) is 1.53. The summed E-state index contributed by atoms with van der Waals surface area (Å²) in [6, 6.07) is 12.1. The van der Waals surface area contributed by atoms with E-state index in [0.29, 0.717) is 33.3 Å². The van der Waals surface area contributed by atoms with E-state index in [-0.39, 0.29) is 17.3 Å². The lowest BCUT2D eigenvalue weighted by Crippen LogP contribution is -2.25. The van der Waals surface area contributed by atoms with Crippen molar-refractivity contribution >= 4 is 22.5 Å². The SMILES string of the molecule is COc1cccc2c3c(n(N)c12)C(=O)c1ccccc1C3=O. The number of ether oxygens (including phenoxy) is 1. The number of fused-ring (bicyclic) bond motifs is 4. The molecule has 2 aromatic carbocycles. The summed E-state index contributed by atoms with van der Waals surface area (Å²) in [5.41, 5.74) is 1.90. The van der Waals surface area contributed by atoms with Gasteiger partial charge in [-0.15, -0.1) is 0 Å². The lowest BCUT2D eigenvalue weighted by molar-refractivity contribution is 0.0975. The van der Waals surface area contributed by atoms with Gasteiger partial charge in [-0.2, -0.15) is 0 Å². The molecule has 0 atom stereocenters. The first-order valence-electron chi connectivity index (χ1n) is 6.80. The minimum atomic E-state index is -0.244. The van der Waals surface area contributed by atoms with Crippen LogP contribution in [0.1, 0.15) is 32.0 Å². The third-order valence-electron chi connectivity index (χ3n) is 4.07. The third kappa shape index (κ3) is 1.37. The predicted molar refractivity (Wildman–Crippen MR) is 81.9 cm³/mol. The van der Waals surface area contributed by atoms with Gasteiger partial charge in [-0.25, -0.2) is 0 Å². The Morgan fingerprint density at radius 3 is 2.32 bits per heavy atom. The monoisotopic (exact) mass is 292 g/mol. The van der Waals surface area contributed by atoms with Gasteiger partial charge >= 0.3 is 0 Å². The molecule has 4 rings (SSSR count). The fourth-order valence-corrected chi connectivity index (χ4v) is 3.09.